The number of hydrogen-bond donors (Lipinski definition) is 1. The van der Waals surface area contributed by atoms with E-state index in [1.54, 1.807) is 0 Å². The summed E-state index contributed by atoms with van der Waals surface area (Å²) in [6, 6.07) is 10.8. The molecule has 0 aliphatic rings. The second kappa shape index (κ2) is 7.73. The van der Waals surface area contributed by atoms with Crippen LogP contribution in [0.5, 0.6) is 5.75 Å². The summed E-state index contributed by atoms with van der Waals surface area (Å²) in [7, 11) is 0. The van der Waals surface area contributed by atoms with Crippen LogP contribution in [0.1, 0.15) is 45.2 Å². The zero-order valence-corrected chi connectivity index (χ0v) is 11.4. The van der Waals surface area contributed by atoms with E-state index in [0.29, 0.717) is 13.0 Å². The van der Waals surface area contributed by atoms with Gasteiger partial charge in [0.2, 0.25) is 0 Å². The van der Waals surface area contributed by atoms with Gasteiger partial charge in [-0.05, 0) is 38.0 Å². The predicted octanol–water partition coefficient (Wildman–Crippen LogP) is 3.43. The van der Waals surface area contributed by atoms with E-state index < -0.39 is 0 Å². The Morgan fingerprint density at radius 1 is 1.28 bits per heavy atom. The van der Waals surface area contributed by atoms with Crippen LogP contribution < -0.4 is 10.1 Å². The number of nitriles is 1. The van der Waals surface area contributed by atoms with Crippen LogP contribution in [0.15, 0.2) is 24.3 Å². The summed E-state index contributed by atoms with van der Waals surface area (Å²) in [6.07, 6.45) is 1.52. The van der Waals surface area contributed by atoms with Crippen molar-refractivity contribution in [2.45, 2.75) is 45.7 Å². The van der Waals surface area contributed by atoms with E-state index in [1.165, 1.54) is 5.56 Å². The molecule has 0 radical (unpaired) electrons. The third kappa shape index (κ3) is 4.38. The summed E-state index contributed by atoms with van der Waals surface area (Å²) in [5, 5.41) is 12.2. The molecule has 0 saturated heterocycles. The van der Waals surface area contributed by atoms with E-state index in [0.717, 1.165) is 12.2 Å². The number of rotatable bonds is 7. The van der Waals surface area contributed by atoms with Gasteiger partial charge < -0.3 is 10.1 Å². The molecule has 0 saturated carbocycles. The summed E-state index contributed by atoms with van der Waals surface area (Å²) >= 11 is 0. The molecular formula is C15H22N2O. The molecule has 3 nitrogen and oxygen atoms in total. The number of nitrogens with one attached hydrogen (secondary N) is 1. The monoisotopic (exact) mass is 246 g/mol. The summed E-state index contributed by atoms with van der Waals surface area (Å²) < 4.78 is 5.42. The SMILES string of the molecule is CCOc1ccc(C(C)NC(CC)CC#N)cc1. The Morgan fingerprint density at radius 3 is 2.44 bits per heavy atom. The predicted molar refractivity (Wildman–Crippen MR) is 73.5 cm³/mol. The highest BCUT2D eigenvalue weighted by molar-refractivity contribution is 5.29. The Kier molecular flexibility index (Phi) is 6.24. The van der Waals surface area contributed by atoms with Gasteiger partial charge in [0.1, 0.15) is 5.75 Å². The Labute approximate surface area is 110 Å². The molecular weight excluding hydrogens is 224 g/mol. The summed E-state index contributed by atoms with van der Waals surface area (Å²) in [5.74, 6) is 0.900. The highest BCUT2D eigenvalue weighted by atomic mass is 16.5. The molecule has 1 aromatic rings. The molecule has 0 spiro atoms. The first-order chi connectivity index (χ1) is 8.71. The average molecular weight is 246 g/mol. The van der Waals surface area contributed by atoms with Crippen LogP contribution in [0.25, 0.3) is 0 Å². The fourth-order valence-electron chi connectivity index (χ4n) is 1.90. The van der Waals surface area contributed by atoms with Crippen molar-refractivity contribution < 1.29 is 4.74 Å². The van der Waals surface area contributed by atoms with Gasteiger partial charge in [0.05, 0.1) is 19.1 Å². The molecule has 0 aromatic heterocycles. The van der Waals surface area contributed by atoms with Gasteiger partial charge in [0.25, 0.3) is 0 Å². The first-order valence-electron chi connectivity index (χ1n) is 6.57. The molecule has 1 aromatic carbocycles. The highest BCUT2D eigenvalue weighted by Crippen LogP contribution is 2.18. The van der Waals surface area contributed by atoms with Crippen molar-refractivity contribution in [1.29, 1.82) is 5.26 Å². The molecule has 0 bridgehead atoms. The second-order valence-electron chi connectivity index (χ2n) is 4.36. The Morgan fingerprint density at radius 2 is 1.94 bits per heavy atom. The van der Waals surface area contributed by atoms with Crippen molar-refractivity contribution in [1.82, 2.24) is 5.32 Å². The number of benzene rings is 1. The molecule has 98 valence electrons. The maximum atomic E-state index is 8.74. The van der Waals surface area contributed by atoms with Gasteiger partial charge in [-0.3, -0.25) is 0 Å². The Bertz CT molecular complexity index is 380. The Balaban J connectivity index is 2.60. The molecule has 18 heavy (non-hydrogen) atoms. The van der Waals surface area contributed by atoms with E-state index in [9.17, 15) is 0 Å². The van der Waals surface area contributed by atoms with Crippen molar-refractivity contribution >= 4 is 0 Å². The minimum Gasteiger partial charge on any atom is -0.494 e. The highest BCUT2D eigenvalue weighted by Gasteiger charge is 2.11. The van der Waals surface area contributed by atoms with Crippen molar-refractivity contribution in [2.24, 2.45) is 0 Å². The number of hydrogen-bond acceptors (Lipinski definition) is 3. The van der Waals surface area contributed by atoms with Gasteiger partial charge in [-0.25, -0.2) is 0 Å². The molecule has 0 fully saturated rings. The van der Waals surface area contributed by atoms with Crippen molar-refractivity contribution in [3.63, 3.8) is 0 Å². The first kappa shape index (κ1) is 14.5. The maximum Gasteiger partial charge on any atom is 0.119 e. The molecule has 0 aliphatic heterocycles. The zero-order valence-electron chi connectivity index (χ0n) is 11.4. The van der Waals surface area contributed by atoms with Crippen LogP contribution in [0, 0.1) is 11.3 Å². The Hall–Kier alpha value is -1.53. The molecule has 2 unspecified atom stereocenters. The zero-order chi connectivity index (χ0) is 13.4. The standard InChI is InChI=1S/C15H22N2O/c1-4-14(10-11-16)17-12(3)13-6-8-15(9-7-13)18-5-2/h6-9,12,14,17H,4-5,10H2,1-3H3. The molecule has 1 rings (SSSR count). The second-order valence-corrected chi connectivity index (χ2v) is 4.36. The van der Waals surface area contributed by atoms with Crippen molar-refractivity contribution in [2.75, 3.05) is 6.61 Å². The van der Waals surface area contributed by atoms with Gasteiger partial charge in [0.15, 0.2) is 0 Å². The molecule has 0 aliphatic carbocycles. The maximum absolute atomic E-state index is 8.74. The van der Waals surface area contributed by atoms with E-state index in [2.05, 4.69) is 37.4 Å². The van der Waals surface area contributed by atoms with Crippen LogP contribution in [0.2, 0.25) is 0 Å². The van der Waals surface area contributed by atoms with Crippen LogP contribution in [0.4, 0.5) is 0 Å². The van der Waals surface area contributed by atoms with Crippen LogP contribution in [0.3, 0.4) is 0 Å². The van der Waals surface area contributed by atoms with Gasteiger partial charge in [-0.1, -0.05) is 19.1 Å². The molecule has 2 atom stereocenters. The molecule has 3 heteroatoms. The minimum atomic E-state index is 0.249. The number of ether oxygens (including phenoxy) is 1. The van der Waals surface area contributed by atoms with Crippen LogP contribution in [-0.4, -0.2) is 12.6 Å². The van der Waals surface area contributed by atoms with Gasteiger partial charge in [0, 0.05) is 12.1 Å². The van der Waals surface area contributed by atoms with Crippen molar-refractivity contribution in [3.8, 4) is 11.8 Å². The minimum absolute atomic E-state index is 0.249. The normalized spacial score (nSPS) is 13.7. The third-order valence-corrected chi connectivity index (χ3v) is 3.01. The van der Waals surface area contributed by atoms with Crippen LogP contribution >= 0.6 is 0 Å². The molecule has 1 N–H and O–H groups in total. The van der Waals surface area contributed by atoms with E-state index in [-0.39, 0.29) is 12.1 Å². The van der Waals surface area contributed by atoms with Crippen molar-refractivity contribution in [3.05, 3.63) is 29.8 Å². The molecule has 0 heterocycles. The lowest BCUT2D eigenvalue weighted by Gasteiger charge is -2.20. The molecule has 0 amide bonds. The quantitative estimate of drug-likeness (QED) is 0.801. The lowest BCUT2D eigenvalue weighted by Crippen LogP contribution is -2.30. The smallest absolute Gasteiger partial charge is 0.119 e. The van der Waals surface area contributed by atoms with E-state index in [4.69, 9.17) is 10.00 Å². The average Bonchev–Trinajstić information content (AvgIpc) is 2.39. The largest absolute Gasteiger partial charge is 0.494 e. The summed E-state index contributed by atoms with van der Waals surface area (Å²) in [6.45, 7) is 6.88. The number of nitrogens with zero attached hydrogens (tertiary/aromatic N) is 1. The summed E-state index contributed by atoms with van der Waals surface area (Å²) in [5.41, 5.74) is 1.22. The van der Waals surface area contributed by atoms with Gasteiger partial charge >= 0.3 is 0 Å². The van der Waals surface area contributed by atoms with Crippen LogP contribution in [-0.2, 0) is 0 Å². The summed E-state index contributed by atoms with van der Waals surface area (Å²) in [4.78, 5) is 0. The fourth-order valence-corrected chi connectivity index (χ4v) is 1.90. The lowest BCUT2D eigenvalue weighted by molar-refractivity contribution is 0.340. The third-order valence-electron chi connectivity index (χ3n) is 3.01. The van der Waals surface area contributed by atoms with Gasteiger partial charge in [-0.2, -0.15) is 5.26 Å². The van der Waals surface area contributed by atoms with E-state index in [1.807, 2.05) is 19.1 Å². The van der Waals surface area contributed by atoms with Gasteiger partial charge in [-0.15, -0.1) is 0 Å². The fraction of sp³-hybridized carbons (Fsp3) is 0.533. The van der Waals surface area contributed by atoms with E-state index >= 15 is 0 Å². The lowest BCUT2D eigenvalue weighted by atomic mass is 10.1. The topological polar surface area (TPSA) is 45.0 Å². The first-order valence-corrected chi connectivity index (χ1v) is 6.57.